The van der Waals surface area contributed by atoms with Gasteiger partial charge < -0.3 is 15.5 Å². The van der Waals surface area contributed by atoms with Gasteiger partial charge in [0.15, 0.2) is 0 Å². The summed E-state index contributed by atoms with van der Waals surface area (Å²) in [7, 11) is 0. The summed E-state index contributed by atoms with van der Waals surface area (Å²) in [5.74, 6) is 0.237. The van der Waals surface area contributed by atoms with Gasteiger partial charge in [-0.3, -0.25) is 9.59 Å². The molecule has 2 aliphatic rings. The Morgan fingerprint density at radius 3 is 2.84 bits per heavy atom. The number of likely N-dealkylation sites (tertiary alicyclic amines) is 1. The molecule has 0 bridgehead atoms. The SMILES string of the molecule is O=C(NCC1CCCN(C(=O)c2cc(Cl)ccc2Cl)C1)C1CCCN1. The Kier molecular flexibility index (Phi) is 6.20. The fourth-order valence-electron chi connectivity index (χ4n) is 3.52. The van der Waals surface area contributed by atoms with Crippen LogP contribution in [-0.2, 0) is 4.79 Å². The average molecular weight is 384 g/mol. The summed E-state index contributed by atoms with van der Waals surface area (Å²) in [4.78, 5) is 26.7. The van der Waals surface area contributed by atoms with Crippen molar-refractivity contribution >= 4 is 35.0 Å². The van der Waals surface area contributed by atoms with Gasteiger partial charge in [-0.05, 0) is 56.3 Å². The minimum absolute atomic E-state index is 0.0633. The van der Waals surface area contributed by atoms with Crippen molar-refractivity contribution in [1.29, 1.82) is 0 Å². The molecule has 25 heavy (non-hydrogen) atoms. The number of carbonyl (C=O) groups is 2. The molecule has 1 aromatic rings. The van der Waals surface area contributed by atoms with Gasteiger partial charge in [0.05, 0.1) is 16.6 Å². The minimum atomic E-state index is -0.0963. The smallest absolute Gasteiger partial charge is 0.255 e. The Morgan fingerprint density at radius 2 is 2.08 bits per heavy atom. The quantitative estimate of drug-likeness (QED) is 0.839. The molecule has 5 nitrogen and oxygen atoms in total. The highest BCUT2D eigenvalue weighted by Gasteiger charge is 2.27. The topological polar surface area (TPSA) is 61.4 Å². The van der Waals surface area contributed by atoms with Gasteiger partial charge in [0.1, 0.15) is 0 Å². The fourth-order valence-corrected chi connectivity index (χ4v) is 3.89. The van der Waals surface area contributed by atoms with E-state index in [1.807, 2.05) is 4.90 Å². The Balaban J connectivity index is 1.56. The number of rotatable bonds is 4. The summed E-state index contributed by atoms with van der Waals surface area (Å²) in [6, 6.07) is 4.87. The molecule has 2 fully saturated rings. The maximum absolute atomic E-state index is 12.8. The van der Waals surface area contributed by atoms with E-state index in [0.29, 0.717) is 35.2 Å². The van der Waals surface area contributed by atoms with E-state index in [2.05, 4.69) is 10.6 Å². The van der Waals surface area contributed by atoms with Crippen LogP contribution in [0.1, 0.15) is 36.0 Å². The van der Waals surface area contributed by atoms with Crippen molar-refractivity contribution in [2.24, 2.45) is 5.92 Å². The summed E-state index contributed by atoms with van der Waals surface area (Å²) >= 11 is 12.1. The lowest BCUT2D eigenvalue weighted by molar-refractivity contribution is -0.123. The Hall–Kier alpha value is -1.30. The molecule has 2 saturated heterocycles. The van der Waals surface area contributed by atoms with E-state index in [1.54, 1.807) is 18.2 Å². The lowest BCUT2D eigenvalue weighted by Gasteiger charge is -2.33. The zero-order valence-corrected chi connectivity index (χ0v) is 15.6. The first kappa shape index (κ1) is 18.5. The number of nitrogens with zero attached hydrogens (tertiary/aromatic N) is 1. The number of halogens is 2. The molecule has 0 aromatic heterocycles. The molecule has 2 heterocycles. The largest absolute Gasteiger partial charge is 0.354 e. The second-order valence-electron chi connectivity index (χ2n) is 6.78. The van der Waals surface area contributed by atoms with Crippen LogP contribution in [0.3, 0.4) is 0 Å². The summed E-state index contributed by atoms with van der Waals surface area (Å²) in [5, 5.41) is 7.14. The molecule has 2 amide bonds. The van der Waals surface area contributed by atoms with Crippen molar-refractivity contribution in [2.45, 2.75) is 31.7 Å². The fraction of sp³-hybridized carbons (Fsp3) is 0.556. The lowest BCUT2D eigenvalue weighted by atomic mass is 9.97. The number of hydrogen-bond donors (Lipinski definition) is 2. The normalized spacial score (nSPS) is 23.5. The standard InChI is InChI=1S/C18H23Cl2N3O2/c19-13-5-6-15(20)14(9-13)18(25)23-8-2-3-12(11-23)10-22-17(24)16-4-1-7-21-16/h5-6,9,12,16,21H,1-4,7-8,10-11H2,(H,22,24). The first-order chi connectivity index (χ1) is 12.0. The number of piperidine rings is 1. The van der Waals surface area contributed by atoms with Crippen LogP contribution in [0.2, 0.25) is 10.0 Å². The number of benzene rings is 1. The average Bonchev–Trinajstić information content (AvgIpc) is 3.16. The van der Waals surface area contributed by atoms with Crippen LogP contribution in [0, 0.1) is 5.92 Å². The number of hydrogen-bond acceptors (Lipinski definition) is 3. The van der Waals surface area contributed by atoms with Crippen LogP contribution < -0.4 is 10.6 Å². The van der Waals surface area contributed by atoms with Gasteiger partial charge in [0.25, 0.3) is 5.91 Å². The van der Waals surface area contributed by atoms with Crippen LogP contribution in [0.15, 0.2) is 18.2 Å². The monoisotopic (exact) mass is 383 g/mol. The van der Waals surface area contributed by atoms with E-state index >= 15 is 0 Å². The summed E-state index contributed by atoms with van der Waals surface area (Å²) in [6.07, 6.45) is 3.87. The molecule has 0 aliphatic carbocycles. The van der Waals surface area contributed by atoms with Gasteiger partial charge in [-0.1, -0.05) is 23.2 Å². The van der Waals surface area contributed by atoms with Crippen LogP contribution >= 0.6 is 23.2 Å². The van der Waals surface area contributed by atoms with E-state index < -0.39 is 0 Å². The van der Waals surface area contributed by atoms with Crippen LogP contribution in [0.25, 0.3) is 0 Å². The molecule has 3 rings (SSSR count). The minimum Gasteiger partial charge on any atom is -0.354 e. The third-order valence-electron chi connectivity index (χ3n) is 4.91. The molecule has 2 N–H and O–H groups in total. The lowest BCUT2D eigenvalue weighted by Crippen LogP contribution is -2.46. The molecule has 7 heteroatoms. The molecule has 136 valence electrons. The van der Waals surface area contributed by atoms with Crippen molar-refractivity contribution in [3.63, 3.8) is 0 Å². The molecular formula is C18H23Cl2N3O2. The third kappa shape index (κ3) is 4.66. The van der Waals surface area contributed by atoms with Crippen LogP contribution in [0.5, 0.6) is 0 Å². The number of carbonyl (C=O) groups excluding carboxylic acids is 2. The third-order valence-corrected chi connectivity index (χ3v) is 5.47. The molecule has 0 spiro atoms. The van der Waals surface area contributed by atoms with Crippen molar-refractivity contribution < 1.29 is 9.59 Å². The van der Waals surface area contributed by atoms with Gasteiger partial charge in [0.2, 0.25) is 5.91 Å². The number of amides is 2. The van der Waals surface area contributed by atoms with Crippen LogP contribution in [0.4, 0.5) is 0 Å². The maximum atomic E-state index is 12.8. The van der Waals surface area contributed by atoms with Crippen molar-refractivity contribution in [3.05, 3.63) is 33.8 Å². The summed E-state index contributed by atoms with van der Waals surface area (Å²) in [5.41, 5.74) is 0.439. The van der Waals surface area contributed by atoms with E-state index in [4.69, 9.17) is 23.2 Å². The van der Waals surface area contributed by atoms with Gasteiger partial charge in [-0.15, -0.1) is 0 Å². The van der Waals surface area contributed by atoms with Gasteiger partial charge in [-0.2, -0.15) is 0 Å². The van der Waals surface area contributed by atoms with Gasteiger partial charge in [-0.25, -0.2) is 0 Å². The molecule has 2 aliphatic heterocycles. The molecule has 0 saturated carbocycles. The Bertz CT molecular complexity index is 647. The summed E-state index contributed by atoms with van der Waals surface area (Å²) in [6.45, 7) is 2.84. The van der Waals surface area contributed by atoms with Gasteiger partial charge >= 0.3 is 0 Å². The predicted octanol–water partition coefficient (Wildman–Crippen LogP) is 2.71. The van der Waals surface area contributed by atoms with Crippen molar-refractivity contribution in [2.75, 3.05) is 26.2 Å². The van der Waals surface area contributed by atoms with E-state index in [-0.39, 0.29) is 23.8 Å². The molecule has 2 atom stereocenters. The molecule has 0 radical (unpaired) electrons. The zero-order chi connectivity index (χ0) is 17.8. The maximum Gasteiger partial charge on any atom is 0.255 e. The second kappa shape index (κ2) is 8.39. The Morgan fingerprint density at radius 1 is 1.24 bits per heavy atom. The highest BCUT2D eigenvalue weighted by Crippen LogP contribution is 2.24. The van der Waals surface area contributed by atoms with E-state index in [0.717, 1.165) is 32.2 Å². The Labute approximate surface area is 158 Å². The predicted molar refractivity (Wildman–Crippen MR) is 99.1 cm³/mol. The molecule has 2 unspecified atom stereocenters. The zero-order valence-electron chi connectivity index (χ0n) is 14.1. The first-order valence-electron chi connectivity index (χ1n) is 8.80. The highest BCUT2D eigenvalue weighted by molar-refractivity contribution is 6.35. The van der Waals surface area contributed by atoms with Crippen LogP contribution in [-0.4, -0.2) is 48.9 Å². The van der Waals surface area contributed by atoms with E-state index in [9.17, 15) is 9.59 Å². The number of nitrogens with one attached hydrogen (secondary N) is 2. The second-order valence-corrected chi connectivity index (χ2v) is 7.62. The first-order valence-corrected chi connectivity index (χ1v) is 9.55. The van der Waals surface area contributed by atoms with Gasteiger partial charge in [0, 0.05) is 24.7 Å². The van der Waals surface area contributed by atoms with Crippen molar-refractivity contribution in [1.82, 2.24) is 15.5 Å². The molecular weight excluding hydrogens is 361 g/mol. The summed E-state index contributed by atoms with van der Waals surface area (Å²) < 4.78 is 0. The highest BCUT2D eigenvalue weighted by atomic mass is 35.5. The van der Waals surface area contributed by atoms with Crippen molar-refractivity contribution in [3.8, 4) is 0 Å². The van der Waals surface area contributed by atoms with E-state index in [1.165, 1.54) is 0 Å². The molecule has 1 aromatic carbocycles.